The van der Waals surface area contributed by atoms with Crippen LogP contribution in [0.2, 0.25) is 0 Å². The van der Waals surface area contributed by atoms with Crippen molar-refractivity contribution in [1.82, 2.24) is 4.31 Å². The van der Waals surface area contributed by atoms with Gasteiger partial charge in [0.2, 0.25) is 21.8 Å². The van der Waals surface area contributed by atoms with Gasteiger partial charge < -0.3 is 10.6 Å². The Bertz CT molecular complexity index is 1090. The van der Waals surface area contributed by atoms with Gasteiger partial charge in [0, 0.05) is 18.8 Å². The van der Waals surface area contributed by atoms with Crippen molar-refractivity contribution in [3.8, 4) is 0 Å². The lowest BCUT2D eigenvalue weighted by Gasteiger charge is -2.42. The van der Waals surface area contributed by atoms with Gasteiger partial charge in [0.15, 0.2) is 0 Å². The molecule has 0 saturated heterocycles. The zero-order valence-corrected chi connectivity index (χ0v) is 19.2. The second kappa shape index (κ2) is 8.32. The standard InChI is InChI=1S/C22H28N4O4S/c1-15(2)25(5)31(29,30)17-12-10-16(11-13-17)23-14-20(27)26-19-9-7-6-8-18(19)24-21(28)22(26,3)4/h6-13,15,23H,14H2,1-5H3,(H,24,28). The predicted octanol–water partition coefficient (Wildman–Crippen LogP) is 2.89. The van der Waals surface area contributed by atoms with Gasteiger partial charge in [-0.1, -0.05) is 12.1 Å². The van der Waals surface area contributed by atoms with Crippen molar-refractivity contribution in [1.29, 1.82) is 0 Å². The Hall–Kier alpha value is -2.91. The summed E-state index contributed by atoms with van der Waals surface area (Å²) in [6.45, 7) is 6.95. The van der Waals surface area contributed by atoms with E-state index in [2.05, 4.69) is 10.6 Å². The molecule has 0 radical (unpaired) electrons. The number of fused-ring (bicyclic) bond motifs is 1. The van der Waals surface area contributed by atoms with E-state index in [1.807, 2.05) is 6.07 Å². The van der Waals surface area contributed by atoms with Crippen molar-refractivity contribution < 1.29 is 18.0 Å². The molecule has 1 heterocycles. The van der Waals surface area contributed by atoms with E-state index < -0.39 is 15.6 Å². The summed E-state index contributed by atoms with van der Waals surface area (Å²) in [5.74, 6) is -0.535. The maximum atomic E-state index is 13.1. The fraction of sp³-hybridized carbons (Fsp3) is 0.364. The summed E-state index contributed by atoms with van der Waals surface area (Å²) >= 11 is 0. The third-order valence-corrected chi connectivity index (χ3v) is 7.51. The van der Waals surface area contributed by atoms with Crippen molar-refractivity contribution >= 4 is 38.9 Å². The molecule has 0 spiro atoms. The van der Waals surface area contributed by atoms with Crippen LogP contribution in [0, 0.1) is 0 Å². The smallest absolute Gasteiger partial charge is 0.250 e. The Labute approximate surface area is 183 Å². The van der Waals surface area contributed by atoms with Crippen LogP contribution in [0.3, 0.4) is 0 Å². The van der Waals surface area contributed by atoms with Gasteiger partial charge in [-0.3, -0.25) is 14.5 Å². The van der Waals surface area contributed by atoms with Gasteiger partial charge in [-0.15, -0.1) is 0 Å². The molecule has 2 aromatic rings. The van der Waals surface area contributed by atoms with Crippen molar-refractivity contribution in [2.75, 3.05) is 29.1 Å². The monoisotopic (exact) mass is 444 g/mol. The minimum Gasteiger partial charge on any atom is -0.376 e. The fourth-order valence-electron chi connectivity index (χ4n) is 3.34. The summed E-state index contributed by atoms with van der Waals surface area (Å²) in [4.78, 5) is 27.3. The Kier molecular flexibility index (Phi) is 6.11. The van der Waals surface area contributed by atoms with Crippen LogP contribution in [0.15, 0.2) is 53.4 Å². The summed E-state index contributed by atoms with van der Waals surface area (Å²) < 4.78 is 26.5. The van der Waals surface area contributed by atoms with E-state index in [-0.39, 0.29) is 29.3 Å². The van der Waals surface area contributed by atoms with E-state index in [9.17, 15) is 18.0 Å². The molecule has 0 unspecified atom stereocenters. The number of carbonyl (C=O) groups excluding carboxylic acids is 2. The van der Waals surface area contributed by atoms with Crippen molar-refractivity contribution in [3.63, 3.8) is 0 Å². The topological polar surface area (TPSA) is 98.8 Å². The molecule has 0 atom stereocenters. The highest BCUT2D eigenvalue weighted by molar-refractivity contribution is 7.89. The Morgan fingerprint density at radius 2 is 1.74 bits per heavy atom. The first-order valence-corrected chi connectivity index (χ1v) is 11.5. The number of para-hydroxylation sites is 2. The highest BCUT2D eigenvalue weighted by atomic mass is 32.2. The number of benzene rings is 2. The van der Waals surface area contributed by atoms with Crippen molar-refractivity contribution in [2.45, 2.75) is 44.2 Å². The van der Waals surface area contributed by atoms with E-state index in [4.69, 9.17) is 0 Å². The number of hydrogen-bond acceptors (Lipinski definition) is 5. The first-order valence-electron chi connectivity index (χ1n) is 10.0. The third kappa shape index (κ3) is 4.28. The molecule has 1 aliphatic heterocycles. The zero-order valence-electron chi connectivity index (χ0n) is 18.3. The van der Waals surface area contributed by atoms with Crippen LogP contribution < -0.4 is 15.5 Å². The molecule has 1 aliphatic rings. The van der Waals surface area contributed by atoms with Crippen LogP contribution in [-0.2, 0) is 19.6 Å². The summed E-state index contributed by atoms with van der Waals surface area (Å²) in [5, 5.41) is 5.86. The molecule has 2 aromatic carbocycles. The van der Waals surface area contributed by atoms with Crippen molar-refractivity contribution in [3.05, 3.63) is 48.5 Å². The number of nitrogens with zero attached hydrogens (tertiary/aromatic N) is 2. The second-order valence-corrected chi connectivity index (χ2v) is 10.2. The summed E-state index contributed by atoms with van der Waals surface area (Å²) in [6, 6.07) is 13.3. The van der Waals surface area contributed by atoms with Crippen molar-refractivity contribution in [2.24, 2.45) is 0 Å². The van der Waals surface area contributed by atoms with Gasteiger partial charge in [-0.2, -0.15) is 4.31 Å². The molecular weight excluding hydrogens is 416 g/mol. The second-order valence-electron chi connectivity index (χ2n) is 8.25. The van der Waals surface area contributed by atoms with Crippen LogP contribution in [0.4, 0.5) is 17.1 Å². The maximum absolute atomic E-state index is 13.1. The van der Waals surface area contributed by atoms with Gasteiger partial charge in [-0.05, 0) is 64.1 Å². The summed E-state index contributed by atoms with van der Waals surface area (Å²) in [6.07, 6.45) is 0. The number of amides is 2. The lowest BCUT2D eigenvalue weighted by atomic mass is 9.96. The largest absolute Gasteiger partial charge is 0.376 e. The average Bonchev–Trinajstić information content (AvgIpc) is 2.72. The van der Waals surface area contributed by atoms with Crippen LogP contribution in [0.5, 0.6) is 0 Å². The zero-order chi connectivity index (χ0) is 23.0. The maximum Gasteiger partial charge on any atom is 0.250 e. The third-order valence-electron chi connectivity index (χ3n) is 5.46. The van der Waals surface area contributed by atoms with E-state index in [1.165, 1.54) is 21.3 Å². The molecule has 0 saturated carbocycles. The highest BCUT2D eigenvalue weighted by Gasteiger charge is 2.43. The quantitative estimate of drug-likeness (QED) is 0.714. The van der Waals surface area contributed by atoms with E-state index in [0.717, 1.165) is 0 Å². The molecule has 3 rings (SSSR count). The first-order chi connectivity index (χ1) is 14.5. The van der Waals surface area contributed by atoms with E-state index >= 15 is 0 Å². The molecule has 0 aromatic heterocycles. The lowest BCUT2D eigenvalue weighted by molar-refractivity contribution is -0.125. The average molecular weight is 445 g/mol. The van der Waals surface area contributed by atoms with Gasteiger partial charge in [0.1, 0.15) is 5.54 Å². The number of carbonyl (C=O) groups is 2. The summed E-state index contributed by atoms with van der Waals surface area (Å²) in [5.41, 5.74) is 0.778. The molecule has 8 nitrogen and oxygen atoms in total. The highest BCUT2D eigenvalue weighted by Crippen LogP contribution is 2.36. The Balaban J connectivity index is 1.76. The minimum absolute atomic E-state index is 0.0525. The van der Waals surface area contributed by atoms with Gasteiger partial charge in [-0.25, -0.2) is 8.42 Å². The normalized spacial score (nSPS) is 15.6. The van der Waals surface area contributed by atoms with Gasteiger partial charge in [0.25, 0.3) is 0 Å². The molecule has 166 valence electrons. The number of sulfonamides is 1. The molecule has 2 amide bonds. The Morgan fingerprint density at radius 3 is 2.35 bits per heavy atom. The molecule has 0 aliphatic carbocycles. The minimum atomic E-state index is -3.57. The molecular formula is C22H28N4O4S. The fourth-order valence-corrected chi connectivity index (χ4v) is 4.71. The van der Waals surface area contributed by atoms with Crippen LogP contribution in [0.1, 0.15) is 27.7 Å². The predicted molar refractivity (Wildman–Crippen MR) is 122 cm³/mol. The molecule has 0 fully saturated rings. The van der Waals surface area contributed by atoms with Crippen LogP contribution >= 0.6 is 0 Å². The molecule has 2 N–H and O–H groups in total. The number of nitrogens with one attached hydrogen (secondary N) is 2. The van der Waals surface area contributed by atoms with Crippen LogP contribution in [-0.4, -0.2) is 49.7 Å². The Morgan fingerprint density at radius 1 is 1.13 bits per heavy atom. The molecule has 0 bridgehead atoms. The first kappa shape index (κ1) is 22.8. The number of anilines is 3. The van der Waals surface area contributed by atoms with Crippen LogP contribution in [0.25, 0.3) is 0 Å². The van der Waals surface area contributed by atoms with E-state index in [0.29, 0.717) is 17.1 Å². The lowest BCUT2D eigenvalue weighted by Crippen LogP contribution is -2.59. The number of hydrogen-bond donors (Lipinski definition) is 2. The molecule has 31 heavy (non-hydrogen) atoms. The number of rotatable bonds is 6. The summed E-state index contributed by atoms with van der Waals surface area (Å²) in [7, 11) is -2.03. The molecule has 9 heteroatoms. The SMILES string of the molecule is CC(C)N(C)S(=O)(=O)c1ccc(NCC(=O)N2c3ccccc3NC(=O)C2(C)C)cc1. The van der Waals surface area contributed by atoms with Gasteiger partial charge >= 0.3 is 0 Å². The van der Waals surface area contributed by atoms with Gasteiger partial charge in [0.05, 0.1) is 22.8 Å². The van der Waals surface area contributed by atoms with E-state index in [1.54, 1.807) is 65.1 Å².